The Bertz CT molecular complexity index is 377. The SMILES string of the molecule is CCC(C)C(C)Nc1cc(N)cc(OC(C)C)c1. The Balaban J connectivity index is 2.79. The van der Waals surface area contributed by atoms with Gasteiger partial charge in [0, 0.05) is 29.5 Å². The first-order chi connectivity index (χ1) is 8.42. The van der Waals surface area contributed by atoms with Crippen molar-refractivity contribution in [1.82, 2.24) is 0 Å². The summed E-state index contributed by atoms with van der Waals surface area (Å²) in [6.45, 7) is 10.7. The van der Waals surface area contributed by atoms with Crippen LogP contribution in [0.5, 0.6) is 5.75 Å². The quantitative estimate of drug-likeness (QED) is 0.753. The third-order valence-corrected chi connectivity index (χ3v) is 3.19. The van der Waals surface area contributed by atoms with E-state index in [1.165, 1.54) is 0 Å². The lowest BCUT2D eigenvalue weighted by molar-refractivity contribution is 0.242. The molecule has 0 saturated carbocycles. The molecule has 0 amide bonds. The zero-order chi connectivity index (χ0) is 13.7. The van der Waals surface area contributed by atoms with Crippen LogP contribution in [-0.4, -0.2) is 12.1 Å². The van der Waals surface area contributed by atoms with Crippen LogP contribution in [0.15, 0.2) is 18.2 Å². The van der Waals surface area contributed by atoms with Gasteiger partial charge in [0.25, 0.3) is 0 Å². The topological polar surface area (TPSA) is 47.3 Å². The van der Waals surface area contributed by atoms with Gasteiger partial charge in [-0.1, -0.05) is 20.3 Å². The number of ether oxygens (including phenoxy) is 1. The average molecular weight is 250 g/mol. The van der Waals surface area contributed by atoms with Gasteiger partial charge in [0.05, 0.1) is 6.10 Å². The monoisotopic (exact) mass is 250 g/mol. The van der Waals surface area contributed by atoms with Gasteiger partial charge in [0.15, 0.2) is 0 Å². The van der Waals surface area contributed by atoms with Crippen LogP contribution >= 0.6 is 0 Å². The summed E-state index contributed by atoms with van der Waals surface area (Å²) in [4.78, 5) is 0. The van der Waals surface area contributed by atoms with Crippen LogP contribution in [0, 0.1) is 5.92 Å². The number of nitrogen functional groups attached to an aromatic ring is 1. The normalized spacial score (nSPS) is 14.3. The summed E-state index contributed by atoms with van der Waals surface area (Å²) in [6, 6.07) is 6.24. The molecular weight excluding hydrogens is 224 g/mol. The van der Waals surface area contributed by atoms with E-state index in [4.69, 9.17) is 10.5 Å². The molecule has 2 atom stereocenters. The molecule has 1 aromatic rings. The maximum absolute atomic E-state index is 5.90. The Kier molecular flexibility index (Phi) is 5.32. The largest absolute Gasteiger partial charge is 0.491 e. The lowest BCUT2D eigenvalue weighted by atomic mass is 10.0. The first kappa shape index (κ1) is 14.7. The second kappa shape index (κ2) is 6.53. The van der Waals surface area contributed by atoms with Crippen LogP contribution in [0.25, 0.3) is 0 Å². The minimum Gasteiger partial charge on any atom is -0.491 e. The second-order valence-electron chi connectivity index (χ2n) is 5.28. The summed E-state index contributed by atoms with van der Waals surface area (Å²) >= 11 is 0. The summed E-state index contributed by atoms with van der Waals surface area (Å²) in [5.41, 5.74) is 7.65. The van der Waals surface area contributed by atoms with Crippen LogP contribution in [0.2, 0.25) is 0 Å². The molecule has 0 aliphatic rings. The zero-order valence-corrected chi connectivity index (χ0v) is 12.2. The van der Waals surface area contributed by atoms with E-state index < -0.39 is 0 Å². The molecule has 0 heterocycles. The molecular formula is C15H26N2O. The molecule has 0 spiro atoms. The number of anilines is 2. The van der Waals surface area contributed by atoms with Crippen LogP contribution in [-0.2, 0) is 0 Å². The van der Waals surface area contributed by atoms with Crippen LogP contribution in [0.3, 0.4) is 0 Å². The Labute approximate surface area is 111 Å². The van der Waals surface area contributed by atoms with E-state index in [0.717, 1.165) is 23.5 Å². The molecule has 1 aromatic carbocycles. The minimum atomic E-state index is 0.159. The van der Waals surface area contributed by atoms with E-state index in [2.05, 4.69) is 26.1 Å². The Morgan fingerprint density at radius 3 is 2.39 bits per heavy atom. The van der Waals surface area contributed by atoms with Gasteiger partial charge in [-0.3, -0.25) is 0 Å². The molecule has 0 fully saturated rings. The van der Waals surface area contributed by atoms with Crippen LogP contribution in [0.1, 0.15) is 41.0 Å². The van der Waals surface area contributed by atoms with Gasteiger partial charge in [-0.05, 0) is 32.8 Å². The predicted octanol–water partition coefficient (Wildman–Crippen LogP) is 3.90. The van der Waals surface area contributed by atoms with Crippen molar-refractivity contribution in [3.63, 3.8) is 0 Å². The lowest BCUT2D eigenvalue weighted by Crippen LogP contribution is -2.23. The number of nitrogens with two attached hydrogens (primary N) is 1. The van der Waals surface area contributed by atoms with Gasteiger partial charge >= 0.3 is 0 Å². The van der Waals surface area contributed by atoms with Gasteiger partial charge in [-0.25, -0.2) is 0 Å². The number of benzene rings is 1. The van der Waals surface area contributed by atoms with E-state index >= 15 is 0 Å². The fraction of sp³-hybridized carbons (Fsp3) is 0.600. The summed E-state index contributed by atoms with van der Waals surface area (Å²) < 4.78 is 5.68. The number of nitrogens with one attached hydrogen (secondary N) is 1. The molecule has 0 aliphatic carbocycles. The van der Waals surface area contributed by atoms with Crippen molar-refractivity contribution < 1.29 is 4.74 Å². The third kappa shape index (κ3) is 4.47. The highest BCUT2D eigenvalue weighted by atomic mass is 16.5. The lowest BCUT2D eigenvalue weighted by Gasteiger charge is -2.22. The van der Waals surface area contributed by atoms with Crippen molar-refractivity contribution in [1.29, 1.82) is 0 Å². The van der Waals surface area contributed by atoms with Crippen LogP contribution < -0.4 is 15.8 Å². The maximum Gasteiger partial charge on any atom is 0.123 e. The van der Waals surface area contributed by atoms with E-state index in [1.54, 1.807) is 0 Å². The summed E-state index contributed by atoms with van der Waals surface area (Å²) in [7, 11) is 0. The van der Waals surface area contributed by atoms with Crippen molar-refractivity contribution in [2.45, 2.75) is 53.2 Å². The molecule has 0 bridgehead atoms. The molecule has 2 unspecified atom stereocenters. The average Bonchev–Trinajstić information content (AvgIpc) is 2.25. The van der Waals surface area contributed by atoms with Crippen molar-refractivity contribution in [2.24, 2.45) is 5.92 Å². The fourth-order valence-corrected chi connectivity index (χ4v) is 1.80. The van der Waals surface area contributed by atoms with Crippen molar-refractivity contribution in [2.75, 3.05) is 11.1 Å². The van der Waals surface area contributed by atoms with Crippen molar-refractivity contribution >= 4 is 11.4 Å². The van der Waals surface area contributed by atoms with E-state index in [1.807, 2.05) is 32.0 Å². The van der Waals surface area contributed by atoms with E-state index in [0.29, 0.717) is 12.0 Å². The Morgan fingerprint density at radius 2 is 1.83 bits per heavy atom. The number of rotatable bonds is 6. The summed E-state index contributed by atoms with van der Waals surface area (Å²) in [6.07, 6.45) is 1.32. The molecule has 0 radical (unpaired) electrons. The Hall–Kier alpha value is -1.38. The second-order valence-corrected chi connectivity index (χ2v) is 5.28. The molecule has 1 rings (SSSR count). The summed E-state index contributed by atoms with van der Waals surface area (Å²) in [5.74, 6) is 1.45. The molecule has 3 N–H and O–H groups in total. The first-order valence-electron chi connectivity index (χ1n) is 6.76. The van der Waals surface area contributed by atoms with Gasteiger partial charge in [-0.2, -0.15) is 0 Å². The molecule has 102 valence electrons. The van der Waals surface area contributed by atoms with Crippen molar-refractivity contribution in [3.05, 3.63) is 18.2 Å². The maximum atomic E-state index is 5.90. The standard InChI is InChI=1S/C15H26N2O/c1-6-11(4)12(5)17-14-7-13(16)8-15(9-14)18-10(2)3/h7-12,17H,6,16H2,1-5H3. The van der Waals surface area contributed by atoms with Gasteiger partial charge in [-0.15, -0.1) is 0 Å². The zero-order valence-electron chi connectivity index (χ0n) is 12.2. The highest BCUT2D eigenvalue weighted by Crippen LogP contribution is 2.25. The molecule has 3 heteroatoms. The highest BCUT2D eigenvalue weighted by Gasteiger charge is 2.10. The van der Waals surface area contributed by atoms with Crippen molar-refractivity contribution in [3.8, 4) is 5.75 Å². The molecule has 0 aliphatic heterocycles. The molecule has 0 aromatic heterocycles. The highest BCUT2D eigenvalue weighted by molar-refractivity contribution is 5.59. The molecule has 0 saturated heterocycles. The fourth-order valence-electron chi connectivity index (χ4n) is 1.80. The molecule has 3 nitrogen and oxygen atoms in total. The van der Waals surface area contributed by atoms with Gasteiger partial charge in [0.2, 0.25) is 0 Å². The summed E-state index contributed by atoms with van der Waals surface area (Å²) in [5, 5.41) is 3.49. The van der Waals surface area contributed by atoms with E-state index in [9.17, 15) is 0 Å². The minimum absolute atomic E-state index is 0.159. The first-order valence-corrected chi connectivity index (χ1v) is 6.76. The Morgan fingerprint density at radius 1 is 1.17 bits per heavy atom. The number of hydrogen-bond acceptors (Lipinski definition) is 3. The molecule has 18 heavy (non-hydrogen) atoms. The van der Waals surface area contributed by atoms with Gasteiger partial charge in [0.1, 0.15) is 5.75 Å². The van der Waals surface area contributed by atoms with E-state index in [-0.39, 0.29) is 6.10 Å². The van der Waals surface area contributed by atoms with Crippen LogP contribution in [0.4, 0.5) is 11.4 Å². The van der Waals surface area contributed by atoms with Gasteiger partial charge < -0.3 is 15.8 Å². The number of hydrogen-bond donors (Lipinski definition) is 2. The smallest absolute Gasteiger partial charge is 0.123 e. The third-order valence-electron chi connectivity index (χ3n) is 3.19. The predicted molar refractivity (Wildman–Crippen MR) is 79.2 cm³/mol.